The predicted octanol–water partition coefficient (Wildman–Crippen LogP) is 1.13. The van der Waals surface area contributed by atoms with E-state index < -0.39 is 16.5 Å². The van der Waals surface area contributed by atoms with E-state index in [1.54, 1.807) is 12.1 Å². The van der Waals surface area contributed by atoms with Crippen molar-refractivity contribution in [3.8, 4) is 11.5 Å². The van der Waals surface area contributed by atoms with Crippen LogP contribution in [0.5, 0.6) is 11.5 Å². The summed E-state index contributed by atoms with van der Waals surface area (Å²) in [6.45, 7) is 0. The second-order valence-corrected chi connectivity index (χ2v) is 4.51. The quantitative estimate of drug-likeness (QED) is 0.801. The van der Waals surface area contributed by atoms with Crippen molar-refractivity contribution in [2.75, 3.05) is 7.11 Å². The van der Waals surface area contributed by atoms with E-state index in [-0.39, 0.29) is 5.75 Å². The topological polar surface area (TPSA) is 88.0 Å². The molecule has 1 atom stereocenters. The van der Waals surface area contributed by atoms with Gasteiger partial charge in [0.15, 0.2) is 16.9 Å². The molecule has 1 aliphatic rings. The third-order valence-corrected chi connectivity index (χ3v) is 3.11. The molecule has 94 valence electrons. The average Bonchev–Trinajstić information content (AvgIpc) is 2.67. The van der Waals surface area contributed by atoms with Crippen molar-refractivity contribution >= 4 is 29.1 Å². The summed E-state index contributed by atoms with van der Waals surface area (Å²) in [5.41, 5.74) is 0.664. The van der Waals surface area contributed by atoms with E-state index in [1.165, 1.54) is 19.4 Å². The van der Waals surface area contributed by atoms with Gasteiger partial charge in [-0.3, -0.25) is 19.9 Å². The molecule has 0 bridgehead atoms. The summed E-state index contributed by atoms with van der Waals surface area (Å²) in [6.07, 6.45) is 1.46. The van der Waals surface area contributed by atoms with E-state index >= 15 is 0 Å². The van der Waals surface area contributed by atoms with E-state index in [2.05, 4.69) is 10.3 Å². The monoisotopic (exact) mass is 266 g/mol. The molecule has 6 nitrogen and oxygen atoms in total. The number of amides is 2. The first-order chi connectivity index (χ1) is 8.60. The Morgan fingerprint density at radius 3 is 2.89 bits per heavy atom. The number of hydrogen-bond donors (Lipinski definition) is 2. The Kier molecular flexibility index (Phi) is 3.52. The molecule has 0 saturated carbocycles. The van der Waals surface area contributed by atoms with E-state index in [4.69, 9.17) is 4.74 Å². The van der Waals surface area contributed by atoms with E-state index in [0.29, 0.717) is 11.3 Å². The third-order valence-electron chi connectivity index (χ3n) is 2.23. The number of aromatic hydroxyl groups is 1. The lowest BCUT2D eigenvalue weighted by atomic mass is 10.2. The molecule has 18 heavy (non-hydrogen) atoms. The Bertz CT molecular complexity index is 530. The summed E-state index contributed by atoms with van der Waals surface area (Å²) in [4.78, 5) is 26.2. The number of ether oxygens (including phenoxy) is 1. The van der Waals surface area contributed by atoms with Crippen molar-refractivity contribution in [2.24, 2.45) is 4.99 Å². The second kappa shape index (κ2) is 5.09. The number of nitrogens with one attached hydrogen (secondary N) is 1. The molecule has 1 heterocycles. The molecule has 2 amide bonds. The number of aliphatic imine (C=N–C) groups is 1. The van der Waals surface area contributed by atoms with Crippen LogP contribution in [0.15, 0.2) is 23.2 Å². The van der Waals surface area contributed by atoms with E-state index in [0.717, 1.165) is 11.8 Å². The zero-order valence-corrected chi connectivity index (χ0v) is 10.2. The number of carbonyl (C=O) groups is 2. The van der Waals surface area contributed by atoms with Crippen molar-refractivity contribution in [3.63, 3.8) is 0 Å². The number of carbonyl (C=O) groups excluding carboxylic acids is 2. The molecule has 2 rings (SSSR count). The summed E-state index contributed by atoms with van der Waals surface area (Å²) in [5, 5.41) is 10.4. The Labute approximate surface area is 107 Å². The molecule has 1 fully saturated rings. The zero-order chi connectivity index (χ0) is 13.1. The van der Waals surface area contributed by atoms with Gasteiger partial charge in [0.25, 0.3) is 11.1 Å². The molecule has 2 N–H and O–H groups in total. The molecule has 7 heteroatoms. The fraction of sp³-hybridized carbons (Fsp3) is 0.182. The Hall–Kier alpha value is -2.02. The van der Waals surface area contributed by atoms with Gasteiger partial charge in [-0.2, -0.15) is 0 Å². The number of rotatable bonds is 3. The van der Waals surface area contributed by atoms with Crippen molar-refractivity contribution in [1.82, 2.24) is 5.32 Å². The molecule has 1 aromatic rings. The molecule has 1 aliphatic heterocycles. The average molecular weight is 266 g/mol. The maximum Gasteiger partial charge on any atom is 0.288 e. The van der Waals surface area contributed by atoms with Crippen LogP contribution in [0.3, 0.4) is 0 Å². The molecule has 0 spiro atoms. The second-order valence-electron chi connectivity index (χ2n) is 3.46. The van der Waals surface area contributed by atoms with Crippen LogP contribution in [-0.4, -0.2) is 35.0 Å². The zero-order valence-electron chi connectivity index (χ0n) is 9.41. The van der Waals surface area contributed by atoms with Gasteiger partial charge in [-0.25, -0.2) is 0 Å². The molecule has 0 aliphatic carbocycles. The minimum absolute atomic E-state index is 0.0258. The molecule has 0 aromatic heterocycles. The van der Waals surface area contributed by atoms with Gasteiger partial charge < -0.3 is 9.84 Å². The van der Waals surface area contributed by atoms with Crippen LogP contribution in [0.25, 0.3) is 0 Å². The molecular formula is C11H10N2O4S. The van der Waals surface area contributed by atoms with E-state index in [1.807, 2.05) is 0 Å². The van der Waals surface area contributed by atoms with Crippen LogP contribution < -0.4 is 10.1 Å². The number of imide groups is 1. The van der Waals surface area contributed by atoms with Crippen LogP contribution in [0.2, 0.25) is 0 Å². The van der Waals surface area contributed by atoms with Crippen LogP contribution in [0, 0.1) is 0 Å². The standard InChI is InChI=1S/C11H10N2O4S/c1-17-8-4-6(2-3-7(8)14)5-12-10-9(15)13-11(16)18-10/h2-5,10,14H,1H3,(H,13,15,16). The lowest BCUT2D eigenvalue weighted by Gasteiger charge is -2.03. The molecule has 1 saturated heterocycles. The fourth-order valence-corrected chi connectivity index (χ4v) is 2.02. The summed E-state index contributed by atoms with van der Waals surface area (Å²) >= 11 is 0.828. The maximum atomic E-state index is 11.3. The largest absolute Gasteiger partial charge is 0.504 e. The highest BCUT2D eigenvalue weighted by atomic mass is 32.2. The lowest BCUT2D eigenvalue weighted by Crippen LogP contribution is -2.23. The summed E-state index contributed by atoms with van der Waals surface area (Å²) in [6, 6.07) is 4.67. The molecule has 1 unspecified atom stereocenters. The van der Waals surface area contributed by atoms with Gasteiger partial charge in [0.2, 0.25) is 0 Å². The number of benzene rings is 1. The number of nitrogens with zero attached hydrogens (tertiary/aromatic N) is 1. The van der Waals surface area contributed by atoms with Gasteiger partial charge in [0, 0.05) is 6.21 Å². The highest BCUT2D eigenvalue weighted by molar-refractivity contribution is 8.15. The molecule has 0 radical (unpaired) electrons. The number of thioether (sulfide) groups is 1. The van der Waals surface area contributed by atoms with Crippen LogP contribution in [0.4, 0.5) is 4.79 Å². The van der Waals surface area contributed by atoms with Gasteiger partial charge in [-0.1, -0.05) is 0 Å². The highest BCUT2D eigenvalue weighted by Gasteiger charge is 2.30. The number of hydrogen-bond acceptors (Lipinski definition) is 6. The van der Waals surface area contributed by atoms with Gasteiger partial charge in [-0.05, 0) is 35.5 Å². The van der Waals surface area contributed by atoms with Gasteiger partial charge in [0.05, 0.1) is 7.11 Å². The van der Waals surface area contributed by atoms with Crippen LogP contribution in [-0.2, 0) is 4.79 Å². The minimum atomic E-state index is -0.753. The first-order valence-electron chi connectivity index (χ1n) is 5.02. The minimum Gasteiger partial charge on any atom is -0.504 e. The van der Waals surface area contributed by atoms with E-state index in [9.17, 15) is 14.7 Å². The SMILES string of the molecule is COc1cc(C=NC2SC(=O)NC2=O)ccc1O. The smallest absolute Gasteiger partial charge is 0.288 e. The molecular weight excluding hydrogens is 256 g/mol. The van der Waals surface area contributed by atoms with Gasteiger partial charge >= 0.3 is 0 Å². The van der Waals surface area contributed by atoms with Crippen LogP contribution >= 0.6 is 11.8 Å². The first kappa shape index (κ1) is 12.4. The maximum absolute atomic E-state index is 11.3. The highest BCUT2D eigenvalue weighted by Crippen LogP contribution is 2.26. The number of methoxy groups -OCH3 is 1. The Balaban J connectivity index is 2.14. The third kappa shape index (κ3) is 2.62. The van der Waals surface area contributed by atoms with Crippen LogP contribution in [0.1, 0.15) is 5.56 Å². The lowest BCUT2D eigenvalue weighted by molar-refractivity contribution is -0.118. The predicted molar refractivity (Wildman–Crippen MR) is 67.2 cm³/mol. The van der Waals surface area contributed by atoms with Gasteiger partial charge in [-0.15, -0.1) is 0 Å². The summed E-state index contributed by atoms with van der Waals surface area (Å²) in [7, 11) is 1.44. The summed E-state index contributed by atoms with van der Waals surface area (Å²) in [5.74, 6) is -0.0802. The Morgan fingerprint density at radius 1 is 1.50 bits per heavy atom. The number of phenols is 1. The van der Waals surface area contributed by atoms with Crippen molar-refractivity contribution in [3.05, 3.63) is 23.8 Å². The van der Waals surface area contributed by atoms with Gasteiger partial charge in [0.1, 0.15) is 0 Å². The normalized spacial score (nSPS) is 19.3. The Morgan fingerprint density at radius 2 is 2.28 bits per heavy atom. The van der Waals surface area contributed by atoms with Crippen molar-refractivity contribution in [1.29, 1.82) is 0 Å². The fourth-order valence-electron chi connectivity index (χ4n) is 1.37. The first-order valence-corrected chi connectivity index (χ1v) is 5.90. The summed E-state index contributed by atoms with van der Waals surface area (Å²) < 4.78 is 4.95. The number of phenolic OH excluding ortho intramolecular Hbond substituents is 1. The molecule has 1 aromatic carbocycles. The van der Waals surface area contributed by atoms with Crippen molar-refractivity contribution < 1.29 is 19.4 Å². The van der Waals surface area contributed by atoms with Crippen molar-refractivity contribution in [2.45, 2.75) is 5.37 Å².